The van der Waals surface area contributed by atoms with Crippen molar-refractivity contribution >= 4 is 40.8 Å². The molecule has 0 aliphatic carbocycles. The summed E-state index contributed by atoms with van der Waals surface area (Å²) < 4.78 is 20.1. The van der Waals surface area contributed by atoms with Crippen LogP contribution in [0.1, 0.15) is 13.8 Å². The van der Waals surface area contributed by atoms with Crippen molar-refractivity contribution in [1.29, 1.82) is 0 Å². The Morgan fingerprint density at radius 1 is 1.44 bits per heavy atom. The predicted octanol–water partition coefficient (Wildman–Crippen LogP) is -0.184. The zero-order chi connectivity index (χ0) is 6.57. The van der Waals surface area contributed by atoms with Crippen LogP contribution in [-0.4, -0.2) is 55.7 Å². The maximum absolute atomic E-state index is 10.2. The van der Waals surface area contributed by atoms with Crippen molar-refractivity contribution < 1.29 is 8.76 Å². The van der Waals surface area contributed by atoms with Crippen LogP contribution in [-0.2, 0) is 11.3 Å². The third kappa shape index (κ3) is 5.51. The van der Waals surface area contributed by atoms with Crippen molar-refractivity contribution in [3.05, 3.63) is 0 Å². The SMILES string of the molecule is CCN(CC)S(=O)O.[NaH]. The van der Waals surface area contributed by atoms with E-state index in [1.54, 1.807) is 0 Å². The van der Waals surface area contributed by atoms with Gasteiger partial charge in [0, 0.05) is 13.1 Å². The summed E-state index contributed by atoms with van der Waals surface area (Å²) in [7, 11) is 0. The molecule has 0 fully saturated rings. The molecule has 3 nitrogen and oxygen atoms in total. The van der Waals surface area contributed by atoms with Crippen LogP contribution in [0.25, 0.3) is 0 Å². The molecule has 0 aromatic heterocycles. The first-order chi connectivity index (χ1) is 3.72. The van der Waals surface area contributed by atoms with Crippen LogP contribution in [0.15, 0.2) is 0 Å². The Labute approximate surface area is 80.5 Å². The molecule has 0 radical (unpaired) electrons. The number of hydrogen-bond acceptors (Lipinski definition) is 1. The fourth-order valence-corrected chi connectivity index (χ4v) is 0.886. The van der Waals surface area contributed by atoms with Crippen LogP contribution in [0.2, 0.25) is 0 Å². The minimum atomic E-state index is -1.77. The van der Waals surface area contributed by atoms with Crippen LogP contribution < -0.4 is 0 Å². The molecular weight excluding hydrogens is 149 g/mol. The Kier molecular flexibility index (Phi) is 10.1. The van der Waals surface area contributed by atoms with E-state index in [0.717, 1.165) is 0 Å². The summed E-state index contributed by atoms with van der Waals surface area (Å²) in [6.45, 7) is 4.94. The Morgan fingerprint density at radius 3 is 1.78 bits per heavy atom. The summed E-state index contributed by atoms with van der Waals surface area (Å²) in [6.07, 6.45) is 0. The number of nitrogens with zero attached hydrogens (tertiary/aromatic N) is 1. The van der Waals surface area contributed by atoms with Crippen molar-refractivity contribution in [3.63, 3.8) is 0 Å². The fraction of sp³-hybridized carbons (Fsp3) is 1.00. The second-order valence-electron chi connectivity index (χ2n) is 1.34. The van der Waals surface area contributed by atoms with Gasteiger partial charge >= 0.3 is 29.6 Å². The van der Waals surface area contributed by atoms with Gasteiger partial charge in [-0.15, -0.1) is 0 Å². The van der Waals surface area contributed by atoms with E-state index in [1.165, 1.54) is 4.31 Å². The van der Waals surface area contributed by atoms with E-state index in [4.69, 9.17) is 4.55 Å². The van der Waals surface area contributed by atoms with Crippen molar-refractivity contribution in [3.8, 4) is 0 Å². The van der Waals surface area contributed by atoms with Gasteiger partial charge < -0.3 is 0 Å². The second-order valence-corrected chi connectivity index (χ2v) is 2.32. The van der Waals surface area contributed by atoms with Crippen LogP contribution in [0, 0.1) is 0 Å². The van der Waals surface area contributed by atoms with E-state index in [9.17, 15) is 4.21 Å². The van der Waals surface area contributed by atoms with Gasteiger partial charge in [-0.05, 0) is 0 Å². The number of rotatable bonds is 3. The summed E-state index contributed by atoms with van der Waals surface area (Å²) in [6, 6.07) is 0. The van der Waals surface area contributed by atoms with E-state index in [-0.39, 0.29) is 29.6 Å². The summed E-state index contributed by atoms with van der Waals surface area (Å²) >= 11 is -1.77. The molecule has 0 saturated carbocycles. The molecule has 1 N–H and O–H groups in total. The molecule has 0 saturated heterocycles. The van der Waals surface area contributed by atoms with Crippen molar-refractivity contribution in [2.75, 3.05) is 13.1 Å². The van der Waals surface area contributed by atoms with Crippen LogP contribution in [0.4, 0.5) is 0 Å². The van der Waals surface area contributed by atoms with Gasteiger partial charge in [0.25, 0.3) is 0 Å². The molecule has 0 amide bonds. The third-order valence-corrected chi connectivity index (χ3v) is 1.88. The molecule has 1 atom stereocenters. The Balaban J connectivity index is 0. The minimum absolute atomic E-state index is 0. The Morgan fingerprint density at radius 2 is 1.78 bits per heavy atom. The molecular formula is C4H12NNaO2S. The fourth-order valence-electron chi connectivity index (χ4n) is 0.444. The normalized spacial score (nSPS) is 12.9. The summed E-state index contributed by atoms with van der Waals surface area (Å²) in [5.74, 6) is 0. The molecule has 1 unspecified atom stereocenters. The van der Waals surface area contributed by atoms with Crippen LogP contribution >= 0.6 is 0 Å². The average molecular weight is 161 g/mol. The van der Waals surface area contributed by atoms with Gasteiger partial charge in [-0.3, -0.25) is 4.55 Å². The first-order valence-corrected chi connectivity index (χ1v) is 3.64. The molecule has 0 rings (SSSR count). The van der Waals surface area contributed by atoms with Gasteiger partial charge in [0.05, 0.1) is 0 Å². The Bertz CT molecular complexity index is 86.6. The molecule has 52 valence electrons. The topological polar surface area (TPSA) is 40.5 Å². The average Bonchev–Trinajstić information content (AvgIpc) is 1.69. The first kappa shape index (κ1) is 12.7. The van der Waals surface area contributed by atoms with Crippen LogP contribution in [0.5, 0.6) is 0 Å². The van der Waals surface area contributed by atoms with Crippen molar-refractivity contribution in [1.82, 2.24) is 4.31 Å². The molecule has 0 aromatic rings. The van der Waals surface area contributed by atoms with Gasteiger partial charge in [0.2, 0.25) is 11.3 Å². The zero-order valence-corrected chi connectivity index (χ0v) is 5.94. The summed E-state index contributed by atoms with van der Waals surface area (Å²) in [5.41, 5.74) is 0. The van der Waals surface area contributed by atoms with Gasteiger partial charge in [-0.1, -0.05) is 13.8 Å². The molecule has 5 heteroatoms. The summed E-state index contributed by atoms with van der Waals surface area (Å²) in [5, 5.41) is 0. The van der Waals surface area contributed by atoms with Crippen LogP contribution in [0.3, 0.4) is 0 Å². The standard InChI is InChI=1S/C4H11NO2S.Na.H/c1-3-5(4-2)8(6)7;;/h3-4H2,1-2H3,(H,6,7);;. The molecule has 0 aromatic carbocycles. The zero-order valence-electron chi connectivity index (χ0n) is 5.13. The summed E-state index contributed by atoms with van der Waals surface area (Å²) in [4.78, 5) is 0. The van der Waals surface area contributed by atoms with Gasteiger partial charge in [-0.2, -0.15) is 0 Å². The van der Waals surface area contributed by atoms with Gasteiger partial charge in [0.15, 0.2) is 0 Å². The van der Waals surface area contributed by atoms with E-state index >= 15 is 0 Å². The van der Waals surface area contributed by atoms with E-state index < -0.39 is 11.3 Å². The van der Waals surface area contributed by atoms with E-state index in [1.807, 2.05) is 13.8 Å². The molecule has 0 heterocycles. The molecule has 0 aliphatic rings. The molecule has 0 bridgehead atoms. The van der Waals surface area contributed by atoms with E-state index in [0.29, 0.717) is 13.1 Å². The predicted molar refractivity (Wildman–Crippen MR) is 40.8 cm³/mol. The molecule has 0 aliphatic heterocycles. The van der Waals surface area contributed by atoms with Gasteiger partial charge in [-0.25, -0.2) is 8.51 Å². The molecule has 9 heavy (non-hydrogen) atoms. The first-order valence-electron chi connectivity index (χ1n) is 2.58. The van der Waals surface area contributed by atoms with Crippen molar-refractivity contribution in [2.45, 2.75) is 13.8 Å². The maximum atomic E-state index is 10.2. The Hall–Kier alpha value is 1.07. The number of hydrogen-bond donors (Lipinski definition) is 1. The monoisotopic (exact) mass is 161 g/mol. The second kappa shape index (κ2) is 7.18. The quantitative estimate of drug-likeness (QED) is 0.460. The van der Waals surface area contributed by atoms with E-state index in [2.05, 4.69) is 0 Å². The van der Waals surface area contributed by atoms with Crippen molar-refractivity contribution in [2.24, 2.45) is 0 Å². The van der Waals surface area contributed by atoms with Gasteiger partial charge in [0.1, 0.15) is 0 Å². The molecule has 0 spiro atoms. The third-order valence-electron chi connectivity index (χ3n) is 0.926.